The second-order valence-electron chi connectivity index (χ2n) is 0. The standard InChI is InChI=1S/Al.3FH.6H2O/h;3*1H;6*1H2/q+3;;;;;;;;;/p-3. The van der Waals surface area contributed by atoms with Gasteiger partial charge in [-0.15, -0.1) is 0 Å². The summed E-state index contributed by atoms with van der Waals surface area (Å²) >= 11 is 0. The molecule has 0 aromatic rings. The molecule has 0 heterocycles. The predicted octanol–water partition coefficient (Wildman–Crippen LogP) is -14.3. The molecule has 0 saturated heterocycles. The van der Waals surface area contributed by atoms with E-state index >= 15 is 0 Å². The third kappa shape index (κ3) is 59600. The zero-order valence-electron chi connectivity index (χ0n) is 4.71. The summed E-state index contributed by atoms with van der Waals surface area (Å²) in [6.45, 7) is 0. The van der Waals surface area contributed by atoms with Crippen molar-refractivity contribution in [2.45, 2.75) is 0 Å². The van der Waals surface area contributed by atoms with Gasteiger partial charge in [-0.3, -0.25) is 0 Å². The van der Waals surface area contributed by atoms with Crippen LogP contribution in [0.2, 0.25) is 0 Å². The maximum atomic E-state index is 0. The number of rotatable bonds is 0. The van der Waals surface area contributed by atoms with Gasteiger partial charge in [-0.05, 0) is 0 Å². The quantitative estimate of drug-likeness (QED) is 0.329. The molecule has 0 aromatic carbocycles. The van der Waals surface area contributed by atoms with E-state index in [9.17, 15) is 0 Å². The van der Waals surface area contributed by atoms with Crippen molar-refractivity contribution >= 4 is 17.4 Å². The van der Waals surface area contributed by atoms with Crippen molar-refractivity contribution in [2.75, 3.05) is 0 Å². The Hall–Kier alpha value is 0.0825. The van der Waals surface area contributed by atoms with Crippen LogP contribution in [0.5, 0.6) is 0 Å². The minimum Gasteiger partial charge on any atom is -1.00 e. The van der Waals surface area contributed by atoms with E-state index < -0.39 is 0 Å². The summed E-state index contributed by atoms with van der Waals surface area (Å²) in [7, 11) is 0. The molecule has 10 heavy (non-hydrogen) atoms. The monoisotopic (exact) mass is 192 g/mol. The Morgan fingerprint density at radius 2 is 0.300 bits per heavy atom. The van der Waals surface area contributed by atoms with Gasteiger partial charge in [-0.2, -0.15) is 0 Å². The van der Waals surface area contributed by atoms with Crippen molar-refractivity contribution in [3.63, 3.8) is 0 Å². The van der Waals surface area contributed by atoms with Gasteiger partial charge < -0.3 is 47.0 Å². The van der Waals surface area contributed by atoms with E-state index in [0.29, 0.717) is 0 Å². The molecule has 6 nitrogen and oxygen atoms in total. The second kappa shape index (κ2) is 87200. The molecular formula is H12AlF3O6. The molecule has 0 aromatic heterocycles. The molecule has 72 valence electrons. The Morgan fingerprint density at radius 3 is 0.300 bits per heavy atom. The summed E-state index contributed by atoms with van der Waals surface area (Å²) in [5.74, 6) is 0. The van der Waals surface area contributed by atoms with E-state index in [4.69, 9.17) is 0 Å². The first-order valence-electron chi connectivity index (χ1n) is 0. The third-order valence-electron chi connectivity index (χ3n) is 0. The number of hydrogen-bond donors (Lipinski definition) is 0. The summed E-state index contributed by atoms with van der Waals surface area (Å²) in [6, 6.07) is 0. The van der Waals surface area contributed by atoms with Gasteiger partial charge in [-0.1, -0.05) is 0 Å². The fraction of sp³-hybridized carbons (Fsp3) is 0. The second-order valence-corrected chi connectivity index (χ2v) is 0. The number of halogens is 3. The molecule has 0 spiro atoms. The fourth-order valence-electron chi connectivity index (χ4n) is 0. The van der Waals surface area contributed by atoms with E-state index in [-0.39, 0.29) is 64.3 Å². The molecule has 0 fully saturated rings. The van der Waals surface area contributed by atoms with Crippen LogP contribution in [0, 0.1) is 0 Å². The molecule has 0 rings (SSSR count). The Bertz CT molecular complexity index is 13.0. The molecule has 0 aliphatic rings. The summed E-state index contributed by atoms with van der Waals surface area (Å²) < 4.78 is 0. The van der Waals surface area contributed by atoms with Crippen LogP contribution in [-0.4, -0.2) is 50.2 Å². The Balaban J connectivity index is 0. The van der Waals surface area contributed by atoms with E-state index in [1.807, 2.05) is 0 Å². The van der Waals surface area contributed by atoms with Crippen molar-refractivity contribution in [1.29, 1.82) is 0 Å². The van der Waals surface area contributed by atoms with Crippen LogP contribution in [0.1, 0.15) is 0 Å². The first-order chi connectivity index (χ1) is 0. The molecule has 0 aliphatic heterocycles. The molecule has 10 heteroatoms. The van der Waals surface area contributed by atoms with Gasteiger partial charge in [0.05, 0.1) is 0 Å². The van der Waals surface area contributed by atoms with Crippen LogP contribution in [0.4, 0.5) is 0 Å². The smallest absolute Gasteiger partial charge is 1.00 e. The van der Waals surface area contributed by atoms with Crippen LogP contribution in [-0.2, 0) is 0 Å². The van der Waals surface area contributed by atoms with Gasteiger partial charge in [0.2, 0.25) is 0 Å². The minimum atomic E-state index is 0. The topological polar surface area (TPSA) is 189 Å². The summed E-state index contributed by atoms with van der Waals surface area (Å²) in [5, 5.41) is 0. The zero-order chi connectivity index (χ0) is 0. The van der Waals surface area contributed by atoms with Crippen LogP contribution in [0.15, 0.2) is 0 Å². The molecule has 0 bridgehead atoms. The minimum absolute atomic E-state index is 0. The maximum Gasteiger partial charge on any atom is 3.00 e. The molecule has 0 radical (unpaired) electrons. The van der Waals surface area contributed by atoms with E-state index in [0.717, 1.165) is 0 Å². The largest absolute Gasteiger partial charge is 3.00 e. The summed E-state index contributed by atoms with van der Waals surface area (Å²) in [4.78, 5) is 0. The first-order valence-corrected chi connectivity index (χ1v) is 0. The average molecular weight is 192 g/mol. The molecule has 0 unspecified atom stereocenters. The van der Waals surface area contributed by atoms with Crippen molar-refractivity contribution in [3.05, 3.63) is 0 Å². The molecule has 0 saturated carbocycles. The maximum absolute atomic E-state index is 0. The fourth-order valence-corrected chi connectivity index (χ4v) is 0. The van der Waals surface area contributed by atoms with Crippen molar-refractivity contribution in [2.24, 2.45) is 0 Å². The summed E-state index contributed by atoms with van der Waals surface area (Å²) in [5.41, 5.74) is 0. The Morgan fingerprint density at radius 1 is 0.300 bits per heavy atom. The molecule has 0 aliphatic carbocycles. The van der Waals surface area contributed by atoms with Crippen molar-refractivity contribution < 1.29 is 47.0 Å². The molecule has 0 amide bonds. The van der Waals surface area contributed by atoms with Gasteiger partial charge in [-0.25, -0.2) is 0 Å². The van der Waals surface area contributed by atoms with Crippen LogP contribution in [0.3, 0.4) is 0 Å². The zero-order valence-corrected chi connectivity index (χ0v) is 5.87. The average Bonchev–Trinajstić information content (AvgIpc) is 0. The SMILES string of the molecule is O.O.O.O.O.O.[Al+3].[F-].[F-].[F-]. The van der Waals surface area contributed by atoms with E-state index in [1.54, 1.807) is 0 Å². The van der Waals surface area contributed by atoms with Crippen molar-refractivity contribution in [1.82, 2.24) is 0 Å². The predicted molar refractivity (Wildman–Crippen MR) is 27.4 cm³/mol. The van der Waals surface area contributed by atoms with Crippen LogP contribution < -0.4 is 14.1 Å². The van der Waals surface area contributed by atoms with Gasteiger partial charge in [0.15, 0.2) is 0 Å². The Kier molecular flexibility index (Phi) is 1070000000. The van der Waals surface area contributed by atoms with Gasteiger partial charge in [0.25, 0.3) is 0 Å². The molecular weight excluding hydrogens is 180 g/mol. The van der Waals surface area contributed by atoms with Gasteiger partial charge in [0, 0.05) is 0 Å². The van der Waals surface area contributed by atoms with Crippen LogP contribution >= 0.6 is 0 Å². The van der Waals surface area contributed by atoms with Crippen molar-refractivity contribution in [3.8, 4) is 0 Å². The normalized spacial score (nSPS) is 0. The Labute approximate surface area is 65.3 Å². The van der Waals surface area contributed by atoms with Gasteiger partial charge in [0.1, 0.15) is 0 Å². The summed E-state index contributed by atoms with van der Waals surface area (Å²) in [6.07, 6.45) is 0. The first kappa shape index (κ1) is 122000. The third-order valence-corrected chi connectivity index (χ3v) is 0. The van der Waals surface area contributed by atoms with Gasteiger partial charge >= 0.3 is 17.4 Å². The molecule has 0 atom stereocenters. The molecule has 12 N–H and O–H groups in total. The van der Waals surface area contributed by atoms with Crippen LogP contribution in [0.25, 0.3) is 0 Å². The van der Waals surface area contributed by atoms with E-state index in [1.165, 1.54) is 0 Å². The number of hydrogen-bond acceptors (Lipinski definition) is 0. The van der Waals surface area contributed by atoms with E-state index in [2.05, 4.69) is 0 Å².